The van der Waals surface area contributed by atoms with E-state index in [1.807, 2.05) is 0 Å². The van der Waals surface area contributed by atoms with Crippen LogP contribution in [0.4, 0.5) is 4.79 Å². The summed E-state index contributed by atoms with van der Waals surface area (Å²) in [4.78, 5) is 15.1. The van der Waals surface area contributed by atoms with E-state index in [-0.39, 0.29) is 0 Å². The van der Waals surface area contributed by atoms with Crippen LogP contribution in [-0.4, -0.2) is 33.0 Å². The van der Waals surface area contributed by atoms with Gasteiger partial charge in [0.1, 0.15) is 0 Å². The van der Waals surface area contributed by atoms with Gasteiger partial charge in [-0.3, -0.25) is 4.84 Å². The van der Waals surface area contributed by atoms with E-state index >= 15 is 0 Å². The summed E-state index contributed by atoms with van der Waals surface area (Å²) in [7, 11) is 1.55. The summed E-state index contributed by atoms with van der Waals surface area (Å²) in [5.74, 6) is 0. The third kappa shape index (κ3) is 7.08. The van der Waals surface area contributed by atoms with Gasteiger partial charge in [0.2, 0.25) is 0 Å². The number of carbonyl (C=O) groups is 1. The lowest BCUT2D eigenvalue weighted by atomic mass is 10.8. The van der Waals surface area contributed by atoms with Crippen LogP contribution >= 0.6 is 0 Å². The number of nitrogens with one attached hydrogen (secondary N) is 1. The molecule has 1 N–H and O–H groups in total. The molecule has 0 aliphatic heterocycles. The predicted molar refractivity (Wildman–Crippen MR) is 38.0 cm³/mol. The highest BCUT2D eigenvalue weighted by Gasteiger charge is 1.97. The Morgan fingerprint density at radius 3 is 2.73 bits per heavy atom. The maximum absolute atomic E-state index is 10.5. The number of amides is 1. The second-order valence-corrected chi connectivity index (χ2v) is 1.66. The van der Waals surface area contributed by atoms with Crippen LogP contribution in [0.3, 0.4) is 0 Å². The molecule has 5 nitrogen and oxygen atoms in total. The van der Waals surface area contributed by atoms with Crippen LogP contribution in [0.25, 0.3) is 0 Å². The maximum atomic E-state index is 10.5. The average molecular weight is 163 g/mol. The number of hydrogen-bond acceptors (Lipinski definition) is 4. The van der Waals surface area contributed by atoms with E-state index in [0.717, 1.165) is 0 Å². The molecule has 0 aromatic heterocycles. The fraction of sp³-hybridized carbons (Fsp3) is 0.833. The molecule has 0 aliphatic rings. The van der Waals surface area contributed by atoms with Crippen LogP contribution in [0.15, 0.2) is 0 Å². The molecule has 0 bridgehead atoms. The van der Waals surface area contributed by atoms with Gasteiger partial charge in [0.25, 0.3) is 0 Å². The quantitative estimate of drug-likeness (QED) is 0.468. The maximum Gasteiger partial charge on any atom is 0.431 e. The third-order valence-electron chi connectivity index (χ3n) is 0.820. The molecule has 1 amide bonds. The molecule has 0 atom stereocenters. The van der Waals surface area contributed by atoms with Crippen molar-refractivity contribution in [2.45, 2.75) is 6.92 Å². The predicted octanol–water partition coefficient (Wildman–Crippen LogP) is 0.310. The van der Waals surface area contributed by atoms with Crippen LogP contribution in [0, 0.1) is 0 Å². The molecule has 0 saturated carbocycles. The second kappa shape index (κ2) is 7.30. The Labute approximate surface area is 65.6 Å². The molecule has 0 unspecified atom stereocenters. The highest BCUT2D eigenvalue weighted by molar-refractivity contribution is 5.65. The molecule has 5 heteroatoms. The molecule has 0 fully saturated rings. The van der Waals surface area contributed by atoms with Gasteiger partial charge in [0.15, 0.2) is 0 Å². The van der Waals surface area contributed by atoms with Gasteiger partial charge in [0, 0.05) is 7.11 Å². The second-order valence-electron chi connectivity index (χ2n) is 1.66. The van der Waals surface area contributed by atoms with Crippen molar-refractivity contribution in [2.24, 2.45) is 0 Å². The largest absolute Gasteiger partial charge is 0.448 e. The Bertz CT molecular complexity index is 107. The van der Waals surface area contributed by atoms with Gasteiger partial charge >= 0.3 is 6.09 Å². The molecular weight excluding hydrogens is 150 g/mol. The number of ether oxygens (including phenoxy) is 2. The number of hydrogen-bond donors (Lipinski definition) is 1. The van der Waals surface area contributed by atoms with E-state index in [9.17, 15) is 4.79 Å². The highest BCUT2D eigenvalue weighted by atomic mass is 16.7. The molecule has 0 aromatic rings. The average Bonchev–Trinajstić information content (AvgIpc) is 1.99. The lowest BCUT2D eigenvalue weighted by Crippen LogP contribution is -2.26. The van der Waals surface area contributed by atoms with Crippen LogP contribution in [0.1, 0.15) is 6.92 Å². The topological polar surface area (TPSA) is 56.8 Å². The Morgan fingerprint density at radius 1 is 1.45 bits per heavy atom. The summed E-state index contributed by atoms with van der Waals surface area (Å²) in [6.07, 6.45) is -0.580. The van der Waals surface area contributed by atoms with Gasteiger partial charge < -0.3 is 9.47 Å². The molecule has 0 heterocycles. The Kier molecular flexibility index (Phi) is 6.76. The van der Waals surface area contributed by atoms with Gasteiger partial charge in [-0.2, -0.15) is 5.48 Å². The Morgan fingerprint density at radius 2 is 2.18 bits per heavy atom. The number of hydroxylamine groups is 1. The van der Waals surface area contributed by atoms with E-state index in [4.69, 9.17) is 0 Å². The van der Waals surface area contributed by atoms with Crippen molar-refractivity contribution in [1.82, 2.24) is 5.48 Å². The lowest BCUT2D eigenvalue weighted by Gasteiger charge is -2.04. The first-order valence-corrected chi connectivity index (χ1v) is 3.34. The SMILES string of the molecule is CCOC(=O)NOCCOC. The first-order valence-electron chi connectivity index (χ1n) is 3.34. The van der Waals surface area contributed by atoms with Crippen molar-refractivity contribution in [3.05, 3.63) is 0 Å². The minimum absolute atomic E-state index is 0.315. The van der Waals surface area contributed by atoms with Crippen molar-refractivity contribution in [2.75, 3.05) is 26.9 Å². The first kappa shape index (κ1) is 10.2. The molecule has 0 rings (SSSR count). The van der Waals surface area contributed by atoms with E-state index in [0.29, 0.717) is 19.8 Å². The van der Waals surface area contributed by atoms with Gasteiger partial charge in [-0.25, -0.2) is 4.79 Å². The van der Waals surface area contributed by atoms with Gasteiger partial charge in [-0.05, 0) is 6.92 Å². The molecular formula is C6H13NO4. The van der Waals surface area contributed by atoms with Crippen LogP contribution in [-0.2, 0) is 14.3 Å². The van der Waals surface area contributed by atoms with E-state index in [1.54, 1.807) is 14.0 Å². The van der Waals surface area contributed by atoms with Crippen molar-refractivity contribution in [1.29, 1.82) is 0 Å². The summed E-state index contributed by atoms with van der Waals surface area (Å²) in [6.45, 7) is 2.80. The number of carbonyl (C=O) groups excluding carboxylic acids is 1. The van der Waals surface area contributed by atoms with Crippen molar-refractivity contribution < 1.29 is 19.1 Å². The van der Waals surface area contributed by atoms with E-state index in [1.165, 1.54) is 0 Å². The summed E-state index contributed by atoms with van der Waals surface area (Å²) in [5.41, 5.74) is 2.08. The molecule has 11 heavy (non-hydrogen) atoms. The first-order chi connectivity index (χ1) is 5.31. The molecule has 0 aliphatic carbocycles. The summed E-state index contributed by atoms with van der Waals surface area (Å²) in [5, 5.41) is 0. The smallest absolute Gasteiger partial charge is 0.431 e. The van der Waals surface area contributed by atoms with Crippen LogP contribution in [0.2, 0.25) is 0 Å². The van der Waals surface area contributed by atoms with Crippen molar-refractivity contribution in [3.63, 3.8) is 0 Å². The van der Waals surface area contributed by atoms with Gasteiger partial charge in [-0.15, -0.1) is 0 Å². The van der Waals surface area contributed by atoms with E-state index < -0.39 is 6.09 Å². The molecule has 0 saturated heterocycles. The lowest BCUT2D eigenvalue weighted by molar-refractivity contribution is 0.00428. The van der Waals surface area contributed by atoms with Gasteiger partial charge in [0.05, 0.1) is 19.8 Å². The zero-order valence-corrected chi connectivity index (χ0v) is 6.75. The zero-order valence-electron chi connectivity index (χ0n) is 6.75. The van der Waals surface area contributed by atoms with Crippen LogP contribution in [0.5, 0.6) is 0 Å². The fourth-order valence-corrected chi connectivity index (χ4v) is 0.396. The standard InChI is InChI=1S/C6H13NO4/c1-3-10-6(8)7-11-5-4-9-2/h3-5H2,1-2H3,(H,7,8). The third-order valence-corrected chi connectivity index (χ3v) is 0.820. The molecule has 0 spiro atoms. The summed E-state index contributed by atoms with van der Waals surface area (Å²) >= 11 is 0. The minimum atomic E-state index is -0.580. The Hall–Kier alpha value is -0.810. The molecule has 0 radical (unpaired) electrons. The highest BCUT2D eigenvalue weighted by Crippen LogP contribution is 1.76. The molecule has 0 aromatic carbocycles. The van der Waals surface area contributed by atoms with Crippen molar-refractivity contribution in [3.8, 4) is 0 Å². The minimum Gasteiger partial charge on any atom is -0.448 e. The zero-order chi connectivity index (χ0) is 8.53. The molecule has 66 valence electrons. The monoisotopic (exact) mass is 163 g/mol. The summed E-state index contributed by atoms with van der Waals surface area (Å²) in [6, 6.07) is 0. The normalized spacial score (nSPS) is 9.27. The fourth-order valence-electron chi connectivity index (χ4n) is 0.396. The Balaban J connectivity index is 3.04. The van der Waals surface area contributed by atoms with Crippen molar-refractivity contribution >= 4 is 6.09 Å². The summed E-state index contributed by atoms with van der Waals surface area (Å²) < 4.78 is 9.17. The van der Waals surface area contributed by atoms with Crippen LogP contribution < -0.4 is 5.48 Å². The number of methoxy groups -OCH3 is 1. The van der Waals surface area contributed by atoms with E-state index in [2.05, 4.69) is 19.8 Å². The number of rotatable bonds is 5. The van der Waals surface area contributed by atoms with Gasteiger partial charge in [-0.1, -0.05) is 0 Å².